The molecule has 0 aliphatic rings. The summed E-state index contributed by atoms with van der Waals surface area (Å²) in [6.07, 6.45) is -2.41. The van der Waals surface area contributed by atoms with Gasteiger partial charge in [-0.25, -0.2) is 9.07 Å². The first-order valence-electron chi connectivity index (χ1n) is 12.3. The number of benzene rings is 2. The van der Waals surface area contributed by atoms with E-state index in [1.807, 2.05) is 45.0 Å². The summed E-state index contributed by atoms with van der Waals surface area (Å²) in [5, 5.41) is 38.5. The summed E-state index contributed by atoms with van der Waals surface area (Å²) >= 11 is 0. The van der Waals surface area contributed by atoms with Gasteiger partial charge in [0, 0.05) is 30.2 Å². The van der Waals surface area contributed by atoms with Crippen LogP contribution in [0.15, 0.2) is 48.5 Å². The third kappa shape index (κ3) is 7.71. The van der Waals surface area contributed by atoms with E-state index in [9.17, 15) is 29.3 Å². The Morgan fingerprint density at radius 3 is 2.43 bits per heavy atom. The van der Waals surface area contributed by atoms with Crippen molar-refractivity contribution in [1.82, 2.24) is 15.1 Å². The highest BCUT2D eigenvalue weighted by atomic mass is 19.1. The lowest BCUT2D eigenvalue weighted by Crippen LogP contribution is -2.29. The van der Waals surface area contributed by atoms with Gasteiger partial charge in [-0.05, 0) is 61.9 Å². The molecule has 0 spiro atoms. The first kappa shape index (κ1) is 28.0. The molecule has 2 atom stereocenters. The Kier molecular flexibility index (Phi) is 9.54. The summed E-state index contributed by atoms with van der Waals surface area (Å²) in [4.78, 5) is 24.0. The largest absolute Gasteiger partial charge is 0.550 e. The molecule has 1 heterocycles. The number of nitrogens with zero attached hydrogens (tertiary/aromatic N) is 2. The molecule has 198 valence electrons. The fourth-order valence-electron chi connectivity index (χ4n) is 4.37. The van der Waals surface area contributed by atoms with Gasteiger partial charge < -0.3 is 25.4 Å². The number of nitrogens with one attached hydrogen (secondary N) is 1. The Labute approximate surface area is 215 Å². The van der Waals surface area contributed by atoms with Gasteiger partial charge >= 0.3 is 0 Å². The molecule has 1 amide bonds. The molecule has 0 saturated heterocycles. The van der Waals surface area contributed by atoms with Crippen LogP contribution in [0.2, 0.25) is 0 Å². The van der Waals surface area contributed by atoms with Crippen molar-refractivity contribution in [1.29, 1.82) is 0 Å². The molecule has 0 radical (unpaired) electrons. The molecule has 8 nitrogen and oxygen atoms in total. The predicted octanol–water partition coefficient (Wildman–Crippen LogP) is 2.56. The second-order valence-electron chi connectivity index (χ2n) is 9.58. The first-order valence-corrected chi connectivity index (χ1v) is 12.3. The predicted molar refractivity (Wildman–Crippen MR) is 135 cm³/mol. The van der Waals surface area contributed by atoms with Crippen LogP contribution in [-0.4, -0.2) is 44.1 Å². The number of amides is 1. The Bertz CT molecular complexity index is 1220. The van der Waals surface area contributed by atoms with Crippen LogP contribution in [0.4, 0.5) is 4.39 Å². The highest BCUT2D eigenvalue weighted by Gasteiger charge is 2.26. The molecule has 37 heavy (non-hydrogen) atoms. The summed E-state index contributed by atoms with van der Waals surface area (Å²) in [6, 6.07) is 13.5. The van der Waals surface area contributed by atoms with Crippen molar-refractivity contribution in [2.75, 3.05) is 0 Å². The highest BCUT2D eigenvalue weighted by Crippen LogP contribution is 2.28. The summed E-state index contributed by atoms with van der Waals surface area (Å²) in [7, 11) is 0. The highest BCUT2D eigenvalue weighted by molar-refractivity contribution is 5.94. The van der Waals surface area contributed by atoms with E-state index < -0.39 is 30.4 Å². The van der Waals surface area contributed by atoms with Crippen molar-refractivity contribution in [3.05, 3.63) is 82.4 Å². The summed E-state index contributed by atoms with van der Waals surface area (Å²) in [6.45, 7) is 6.18. The molecule has 1 aromatic heterocycles. The van der Waals surface area contributed by atoms with E-state index in [0.717, 1.165) is 11.1 Å². The molecule has 3 aromatic rings. The number of aliphatic hydroxyl groups excluding tert-OH is 2. The lowest BCUT2D eigenvalue weighted by atomic mass is 9.95. The summed E-state index contributed by atoms with van der Waals surface area (Å²) in [5.74, 6) is -2.24. The zero-order valence-corrected chi connectivity index (χ0v) is 21.3. The normalized spacial score (nSPS) is 12.9. The Hall–Kier alpha value is -3.56. The number of aliphatic carboxylic acids is 1. The zero-order chi connectivity index (χ0) is 27.1. The number of carboxylic acids is 1. The summed E-state index contributed by atoms with van der Waals surface area (Å²) < 4.78 is 15.2. The molecule has 2 aromatic carbocycles. The minimum atomic E-state index is -1.39. The average Bonchev–Trinajstić information content (AvgIpc) is 3.21. The van der Waals surface area contributed by atoms with E-state index in [-0.39, 0.29) is 30.4 Å². The van der Waals surface area contributed by atoms with Crippen LogP contribution in [0.5, 0.6) is 0 Å². The molecule has 0 aliphatic carbocycles. The number of carboxylic acid groups (broad SMARTS) is 1. The standard InChI is InChI=1S/C28H34FN3O5/c1-17(2)26-24(12-11-22(33)14-23(34)15-25(35)36)32(21-9-7-20(29)8-10-21)31-27(26)28(37)30-16-19-6-4-5-18(3)13-19/h4-10,13,17,22-23,33-34H,11-12,14-16H2,1-3H3,(H,30,37)(H,35,36)/p-1/t22-,23-/m1/s1. The fraction of sp³-hybridized carbons (Fsp3) is 0.393. The number of carbonyl (C=O) groups excluding carboxylic acids is 2. The zero-order valence-electron chi connectivity index (χ0n) is 21.3. The van der Waals surface area contributed by atoms with E-state index in [1.165, 1.54) is 12.1 Å². The maximum atomic E-state index is 13.6. The van der Waals surface area contributed by atoms with E-state index in [2.05, 4.69) is 10.4 Å². The maximum Gasteiger partial charge on any atom is 0.272 e. The van der Waals surface area contributed by atoms with Gasteiger partial charge in [-0.15, -0.1) is 0 Å². The number of carbonyl (C=O) groups is 2. The third-order valence-corrected chi connectivity index (χ3v) is 6.08. The molecule has 0 saturated carbocycles. The van der Waals surface area contributed by atoms with Crippen molar-refractivity contribution >= 4 is 11.9 Å². The fourth-order valence-corrected chi connectivity index (χ4v) is 4.37. The van der Waals surface area contributed by atoms with Gasteiger partial charge in [0.15, 0.2) is 5.69 Å². The van der Waals surface area contributed by atoms with E-state index in [1.54, 1.807) is 16.8 Å². The molecular weight excluding hydrogens is 477 g/mol. The van der Waals surface area contributed by atoms with Crippen LogP contribution in [0.3, 0.4) is 0 Å². The molecule has 0 fully saturated rings. The first-order chi connectivity index (χ1) is 17.5. The quantitative estimate of drug-likeness (QED) is 0.344. The van der Waals surface area contributed by atoms with E-state index in [4.69, 9.17) is 0 Å². The van der Waals surface area contributed by atoms with Gasteiger partial charge in [-0.2, -0.15) is 5.10 Å². The van der Waals surface area contributed by atoms with E-state index in [0.29, 0.717) is 29.9 Å². The van der Waals surface area contributed by atoms with Gasteiger partial charge in [0.2, 0.25) is 0 Å². The molecule has 0 aliphatic heterocycles. The second kappa shape index (κ2) is 12.6. The minimum Gasteiger partial charge on any atom is -0.550 e. The second-order valence-corrected chi connectivity index (χ2v) is 9.58. The molecule has 3 rings (SSSR count). The Balaban J connectivity index is 1.90. The van der Waals surface area contributed by atoms with Gasteiger partial charge in [0.25, 0.3) is 5.91 Å². The molecule has 3 N–H and O–H groups in total. The number of aryl methyl sites for hydroxylation is 1. The molecule has 0 bridgehead atoms. The molecular formula is C28H33FN3O5-. The van der Waals surface area contributed by atoms with Crippen LogP contribution in [0.25, 0.3) is 5.69 Å². The van der Waals surface area contributed by atoms with E-state index >= 15 is 0 Å². The van der Waals surface area contributed by atoms with Gasteiger partial charge in [-0.3, -0.25) is 4.79 Å². The van der Waals surface area contributed by atoms with Crippen LogP contribution < -0.4 is 10.4 Å². The number of rotatable bonds is 12. The van der Waals surface area contributed by atoms with Crippen LogP contribution in [0.1, 0.15) is 71.9 Å². The Morgan fingerprint density at radius 1 is 1.11 bits per heavy atom. The lowest BCUT2D eigenvalue weighted by Gasteiger charge is -2.17. The monoisotopic (exact) mass is 510 g/mol. The lowest BCUT2D eigenvalue weighted by molar-refractivity contribution is -0.307. The van der Waals surface area contributed by atoms with Crippen molar-refractivity contribution in [3.63, 3.8) is 0 Å². The summed E-state index contributed by atoms with van der Waals surface area (Å²) in [5.41, 5.74) is 4.22. The van der Waals surface area contributed by atoms with Gasteiger partial charge in [0.1, 0.15) is 5.82 Å². The van der Waals surface area contributed by atoms with Crippen molar-refractivity contribution in [2.45, 2.75) is 71.1 Å². The number of aliphatic hydroxyl groups is 2. The number of hydrogen-bond acceptors (Lipinski definition) is 6. The number of hydrogen-bond donors (Lipinski definition) is 3. The van der Waals surface area contributed by atoms with Crippen molar-refractivity contribution < 1.29 is 29.3 Å². The average molecular weight is 511 g/mol. The maximum absolute atomic E-state index is 13.6. The van der Waals surface area contributed by atoms with Gasteiger partial charge in [-0.1, -0.05) is 43.7 Å². The smallest absolute Gasteiger partial charge is 0.272 e. The molecule has 0 unspecified atom stereocenters. The van der Waals surface area contributed by atoms with Crippen molar-refractivity contribution in [2.24, 2.45) is 0 Å². The van der Waals surface area contributed by atoms with Crippen LogP contribution >= 0.6 is 0 Å². The van der Waals surface area contributed by atoms with Crippen molar-refractivity contribution in [3.8, 4) is 5.69 Å². The van der Waals surface area contributed by atoms with Gasteiger partial charge in [0.05, 0.1) is 17.9 Å². The minimum absolute atomic E-state index is 0.0928. The molecule has 9 heteroatoms. The third-order valence-electron chi connectivity index (χ3n) is 6.08. The Morgan fingerprint density at radius 2 is 1.81 bits per heavy atom. The van der Waals surface area contributed by atoms with Crippen LogP contribution in [-0.2, 0) is 17.8 Å². The number of halogens is 1. The number of aromatic nitrogens is 2. The van der Waals surface area contributed by atoms with Crippen LogP contribution in [0, 0.1) is 12.7 Å². The SMILES string of the molecule is Cc1cccc(CNC(=O)c2nn(-c3ccc(F)cc3)c(CC[C@@H](O)C[C@@H](O)CC(=O)[O-])c2C(C)C)c1. The topological polar surface area (TPSA) is 128 Å².